The molecule has 1 aliphatic rings. The third kappa shape index (κ3) is 4.78. The maximum Gasteiger partial charge on any atom is 0.0562 e. The molecule has 0 amide bonds. The smallest absolute Gasteiger partial charge is 0.0562 e. The predicted molar refractivity (Wildman–Crippen MR) is 86.1 cm³/mol. The van der Waals surface area contributed by atoms with E-state index in [0.29, 0.717) is 6.04 Å². The highest BCUT2D eigenvalue weighted by Gasteiger charge is 2.20. The Labute approximate surface area is 123 Å². The van der Waals surface area contributed by atoms with Gasteiger partial charge in [-0.2, -0.15) is 0 Å². The van der Waals surface area contributed by atoms with Crippen molar-refractivity contribution in [2.45, 2.75) is 71.5 Å². The number of anilines is 1. The molecule has 0 aromatic carbocycles. The van der Waals surface area contributed by atoms with E-state index in [9.17, 15) is 0 Å². The SMILES string of the molecule is CCCCCN(c1ccnc(CNC2CC2)c1)C(C)C. The molecule has 0 atom stereocenters. The molecule has 3 nitrogen and oxygen atoms in total. The maximum absolute atomic E-state index is 4.49. The number of hydrogen-bond donors (Lipinski definition) is 1. The molecule has 1 fully saturated rings. The molecule has 1 saturated carbocycles. The number of unbranched alkanes of at least 4 members (excludes halogenated alkanes) is 2. The van der Waals surface area contributed by atoms with Crippen molar-refractivity contribution in [2.24, 2.45) is 0 Å². The number of rotatable bonds is 9. The van der Waals surface area contributed by atoms with Gasteiger partial charge in [-0.1, -0.05) is 19.8 Å². The van der Waals surface area contributed by atoms with Crippen LogP contribution >= 0.6 is 0 Å². The second-order valence-electron chi connectivity index (χ2n) is 6.15. The van der Waals surface area contributed by atoms with Crippen molar-refractivity contribution in [1.82, 2.24) is 10.3 Å². The largest absolute Gasteiger partial charge is 0.369 e. The van der Waals surface area contributed by atoms with Crippen LogP contribution in [-0.4, -0.2) is 23.6 Å². The van der Waals surface area contributed by atoms with E-state index in [1.54, 1.807) is 0 Å². The third-order valence-electron chi connectivity index (χ3n) is 3.91. The lowest BCUT2D eigenvalue weighted by atomic mass is 10.2. The van der Waals surface area contributed by atoms with Crippen LogP contribution in [0.1, 0.15) is 58.6 Å². The molecule has 0 bridgehead atoms. The first-order valence-corrected chi connectivity index (χ1v) is 8.15. The van der Waals surface area contributed by atoms with Gasteiger partial charge in [-0.15, -0.1) is 0 Å². The highest BCUT2D eigenvalue weighted by atomic mass is 15.1. The third-order valence-corrected chi connectivity index (χ3v) is 3.91. The summed E-state index contributed by atoms with van der Waals surface area (Å²) in [6, 6.07) is 5.68. The second-order valence-corrected chi connectivity index (χ2v) is 6.15. The summed E-state index contributed by atoms with van der Waals surface area (Å²) in [5, 5.41) is 3.54. The Morgan fingerprint density at radius 2 is 2.15 bits per heavy atom. The quantitative estimate of drug-likeness (QED) is 0.696. The van der Waals surface area contributed by atoms with Crippen LogP contribution in [0.3, 0.4) is 0 Å². The van der Waals surface area contributed by atoms with Crippen LogP contribution in [0.15, 0.2) is 18.3 Å². The minimum absolute atomic E-state index is 0.540. The summed E-state index contributed by atoms with van der Waals surface area (Å²) in [6.45, 7) is 8.85. The molecule has 1 aromatic heterocycles. The fourth-order valence-electron chi connectivity index (χ4n) is 2.49. The molecule has 0 saturated heterocycles. The highest BCUT2D eigenvalue weighted by Crippen LogP contribution is 2.21. The molecule has 1 N–H and O–H groups in total. The van der Waals surface area contributed by atoms with Gasteiger partial charge in [0.1, 0.15) is 0 Å². The predicted octanol–water partition coefficient (Wildman–Crippen LogP) is 3.74. The minimum atomic E-state index is 0.540. The Morgan fingerprint density at radius 3 is 2.80 bits per heavy atom. The van der Waals surface area contributed by atoms with E-state index in [2.05, 4.69) is 48.1 Å². The Kier molecular flexibility index (Phi) is 5.84. The van der Waals surface area contributed by atoms with Crippen molar-refractivity contribution < 1.29 is 0 Å². The molecule has 0 aliphatic heterocycles. The van der Waals surface area contributed by atoms with Gasteiger partial charge in [0, 0.05) is 37.1 Å². The van der Waals surface area contributed by atoms with E-state index in [1.165, 1.54) is 37.8 Å². The Balaban J connectivity index is 1.96. The molecule has 2 rings (SSSR count). The Bertz CT molecular complexity index is 399. The number of nitrogens with zero attached hydrogens (tertiary/aromatic N) is 2. The summed E-state index contributed by atoms with van der Waals surface area (Å²) in [4.78, 5) is 6.99. The zero-order valence-electron chi connectivity index (χ0n) is 13.2. The standard InChI is InChI=1S/C17H29N3/c1-4-5-6-11-20(14(2)3)17-9-10-18-16(12-17)13-19-15-7-8-15/h9-10,12,14-15,19H,4-8,11,13H2,1-3H3. The summed E-state index contributed by atoms with van der Waals surface area (Å²) in [7, 11) is 0. The van der Waals surface area contributed by atoms with E-state index >= 15 is 0 Å². The summed E-state index contributed by atoms with van der Waals surface area (Å²) in [5.74, 6) is 0. The first-order valence-electron chi connectivity index (χ1n) is 8.15. The van der Waals surface area contributed by atoms with Gasteiger partial charge in [0.05, 0.1) is 5.69 Å². The highest BCUT2D eigenvalue weighted by molar-refractivity contribution is 5.47. The second kappa shape index (κ2) is 7.63. The lowest BCUT2D eigenvalue weighted by molar-refractivity contribution is 0.623. The van der Waals surface area contributed by atoms with E-state index < -0.39 is 0 Å². The van der Waals surface area contributed by atoms with Crippen molar-refractivity contribution in [2.75, 3.05) is 11.4 Å². The van der Waals surface area contributed by atoms with Crippen LogP contribution in [0, 0.1) is 0 Å². The first kappa shape index (κ1) is 15.3. The molecule has 0 spiro atoms. The van der Waals surface area contributed by atoms with Crippen LogP contribution < -0.4 is 10.2 Å². The molecule has 0 radical (unpaired) electrons. The zero-order chi connectivity index (χ0) is 14.4. The van der Waals surface area contributed by atoms with Gasteiger partial charge in [0.25, 0.3) is 0 Å². The average Bonchev–Trinajstić information content (AvgIpc) is 3.25. The lowest BCUT2D eigenvalue weighted by Gasteiger charge is -2.29. The molecule has 112 valence electrons. The van der Waals surface area contributed by atoms with Gasteiger partial charge in [-0.05, 0) is 45.2 Å². The summed E-state index contributed by atoms with van der Waals surface area (Å²) in [5.41, 5.74) is 2.48. The van der Waals surface area contributed by atoms with Crippen LogP contribution in [0.5, 0.6) is 0 Å². The van der Waals surface area contributed by atoms with Crippen LogP contribution in [0.25, 0.3) is 0 Å². The van der Waals surface area contributed by atoms with Crippen LogP contribution in [0.4, 0.5) is 5.69 Å². The monoisotopic (exact) mass is 275 g/mol. The van der Waals surface area contributed by atoms with Crippen molar-refractivity contribution in [3.63, 3.8) is 0 Å². The number of hydrogen-bond acceptors (Lipinski definition) is 3. The van der Waals surface area contributed by atoms with E-state index in [1.807, 2.05) is 6.20 Å². The van der Waals surface area contributed by atoms with Gasteiger partial charge in [0.2, 0.25) is 0 Å². The Morgan fingerprint density at radius 1 is 1.35 bits per heavy atom. The maximum atomic E-state index is 4.49. The normalized spacial score (nSPS) is 14.8. The fraction of sp³-hybridized carbons (Fsp3) is 0.706. The van der Waals surface area contributed by atoms with Crippen LogP contribution in [-0.2, 0) is 6.54 Å². The van der Waals surface area contributed by atoms with E-state index in [-0.39, 0.29) is 0 Å². The molecule has 1 aromatic rings. The van der Waals surface area contributed by atoms with Gasteiger partial charge >= 0.3 is 0 Å². The summed E-state index contributed by atoms with van der Waals surface area (Å²) in [6.07, 6.45) is 8.47. The van der Waals surface area contributed by atoms with Gasteiger partial charge in [-0.3, -0.25) is 4.98 Å². The molecule has 3 heteroatoms. The zero-order valence-corrected chi connectivity index (χ0v) is 13.2. The van der Waals surface area contributed by atoms with Gasteiger partial charge < -0.3 is 10.2 Å². The molecular weight excluding hydrogens is 246 g/mol. The lowest BCUT2D eigenvalue weighted by Crippen LogP contribution is -2.32. The van der Waals surface area contributed by atoms with Gasteiger partial charge in [0.15, 0.2) is 0 Å². The molecule has 0 unspecified atom stereocenters. The fourth-order valence-corrected chi connectivity index (χ4v) is 2.49. The average molecular weight is 275 g/mol. The minimum Gasteiger partial charge on any atom is -0.369 e. The summed E-state index contributed by atoms with van der Waals surface area (Å²) >= 11 is 0. The molecule has 20 heavy (non-hydrogen) atoms. The van der Waals surface area contributed by atoms with Gasteiger partial charge in [-0.25, -0.2) is 0 Å². The van der Waals surface area contributed by atoms with Crippen LogP contribution in [0.2, 0.25) is 0 Å². The number of nitrogens with one attached hydrogen (secondary N) is 1. The number of pyridine rings is 1. The topological polar surface area (TPSA) is 28.2 Å². The van der Waals surface area contributed by atoms with E-state index in [0.717, 1.165) is 24.8 Å². The van der Waals surface area contributed by atoms with E-state index in [4.69, 9.17) is 0 Å². The summed E-state index contributed by atoms with van der Waals surface area (Å²) < 4.78 is 0. The van der Waals surface area contributed by atoms with Crippen molar-refractivity contribution in [3.8, 4) is 0 Å². The molecule has 1 heterocycles. The molecule has 1 aliphatic carbocycles. The van der Waals surface area contributed by atoms with Crippen molar-refractivity contribution in [3.05, 3.63) is 24.0 Å². The number of aromatic nitrogens is 1. The van der Waals surface area contributed by atoms with Crippen molar-refractivity contribution >= 4 is 5.69 Å². The molecular formula is C17H29N3. The Hall–Kier alpha value is -1.09. The van der Waals surface area contributed by atoms with Crippen molar-refractivity contribution in [1.29, 1.82) is 0 Å². The first-order chi connectivity index (χ1) is 9.70.